The van der Waals surface area contributed by atoms with Gasteiger partial charge in [0.2, 0.25) is 0 Å². The maximum absolute atomic E-state index is 12.8. The second kappa shape index (κ2) is 9.69. The molecule has 1 amide bonds. The lowest BCUT2D eigenvalue weighted by Gasteiger charge is -2.29. The number of benzene rings is 3. The van der Waals surface area contributed by atoms with Gasteiger partial charge in [0.15, 0.2) is 5.75 Å². The van der Waals surface area contributed by atoms with Crippen LogP contribution in [0.1, 0.15) is 27.0 Å². The second-order valence-corrected chi connectivity index (χ2v) is 8.18. The first-order valence-electron chi connectivity index (χ1n) is 10.8. The number of carbonyl (C=O) groups excluding carboxylic acids is 2. The van der Waals surface area contributed by atoms with Crippen molar-refractivity contribution in [2.24, 2.45) is 5.73 Å². The third kappa shape index (κ3) is 5.28. The monoisotopic (exact) mass is 468 g/mol. The first kappa shape index (κ1) is 23.5. The smallest absolute Gasteiger partial charge is 0.418 e. The number of para-hydroxylation sites is 1. The third-order valence-corrected chi connectivity index (χ3v) is 5.87. The van der Waals surface area contributed by atoms with Gasteiger partial charge in [-0.15, -0.1) is 0 Å². The van der Waals surface area contributed by atoms with Gasteiger partial charge >= 0.3 is 12.1 Å². The molecule has 0 bridgehead atoms. The summed E-state index contributed by atoms with van der Waals surface area (Å²) in [7, 11) is 0. The maximum Gasteiger partial charge on any atom is 0.491 e. The minimum Gasteiger partial charge on any atom is -0.418 e. The number of nitrogens with two attached hydrogens (primary N) is 1. The van der Waals surface area contributed by atoms with Crippen molar-refractivity contribution in [3.8, 4) is 16.9 Å². The summed E-state index contributed by atoms with van der Waals surface area (Å²) in [6.07, 6.45) is -3.49. The molecule has 0 aliphatic carbocycles. The van der Waals surface area contributed by atoms with Crippen molar-refractivity contribution in [1.29, 1.82) is 0 Å². The van der Waals surface area contributed by atoms with Crippen LogP contribution in [0.3, 0.4) is 0 Å². The van der Waals surface area contributed by atoms with Gasteiger partial charge in [0.05, 0.1) is 5.56 Å². The fourth-order valence-electron chi connectivity index (χ4n) is 4.12. The molecule has 3 aromatic rings. The third-order valence-electron chi connectivity index (χ3n) is 5.87. The van der Waals surface area contributed by atoms with Crippen LogP contribution in [0, 0.1) is 0 Å². The van der Waals surface area contributed by atoms with Gasteiger partial charge in [-0.25, -0.2) is 4.79 Å². The normalized spacial score (nSPS) is 13.9. The molecule has 5 nitrogen and oxygen atoms in total. The van der Waals surface area contributed by atoms with Gasteiger partial charge in [-0.2, -0.15) is 13.2 Å². The number of carbonyl (C=O) groups is 2. The predicted molar refractivity (Wildman–Crippen MR) is 121 cm³/mol. The van der Waals surface area contributed by atoms with E-state index in [-0.39, 0.29) is 11.1 Å². The number of fused-ring (bicyclic) bond motifs is 1. The summed E-state index contributed by atoms with van der Waals surface area (Å²) in [6, 6.07) is 20.0. The van der Waals surface area contributed by atoms with Gasteiger partial charge < -0.3 is 10.5 Å². The average Bonchev–Trinajstić information content (AvgIpc) is 2.82. The van der Waals surface area contributed by atoms with Crippen LogP contribution in [0.4, 0.5) is 13.2 Å². The van der Waals surface area contributed by atoms with Gasteiger partial charge in [-0.3, -0.25) is 9.69 Å². The summed E-state index contributed by atoms with van der Waals surface area (Å²) in [5, 5.41) is 0. The molecule has 0 atom stereocenters. The van der Waals surface area contributed by atoms with Crippen LogP contribution < -0.4 is 10.5 Å². The van der Waals surface area contributed by atoms with Crippen LogP contribution in [0.25, 0.3) is 11.1 Å². The Hall–Kier alpha value is -3.65. The van der Waals surface area contributed by atoms with Crippen molar-refractivity contribution < 1.29 is 27.5 Å². The van der Waals surface area contributed by atoms with E-state index in [4.69, 9.17) is 5.73 Å². The zero-order valence-electron chi connectivity index (χ0n) is 18.3. The van der Waals surface area contributed by atoms with Crippen LogP contribution in [-0.2, 0) is 24.2 Å². The lowest BCUT2D eigenvalue weighted by atomic mass is 9.93. The highest BCUT2D eigenvalue weighted by atomic mass is 19.4. The quantitative estimate of drug-likeness (QED) is 0.427. The lowest BCUT2D eigenvalue weighted by molar-refractivity contribution is -0.189. The molecule has 3 aromatic carbocycles. The fourth-order valence-corrected chi connectivity index (χ4v) is 4.12. The molecule has 34 heavy (non-hydrogen) atoms. The van der Waals surface area contributed by atoms with Crippen LogP contribution >= 0.6 is 0 Å². The number of hydrogen-bond acceptors (Lipinski definition) is 4. The topological polar surface area (TPSA) is 72.6 Å². The van der Waals surface area contributed by atoms with Gasteiger partial charge in [-0.05, 0) is 41.2 Å². The molecule has 0 aromatic heterocycles. The Morgan fingerprint density at radius 3 is 2.44 bits per heavy atom. The number of amides is 1. The van der Waals surface area contributed by atoms with E-state index in [0.717, 1.165) is 43.6 Å². The Bertz CT molecular complexity index is 1210. The molecule has 0 saturated heterocycles. The van der Waals surface area contributed by atoms with Crippen LogP contribution in [0.5, 0.6) is 5.75 Å². The Labute approximate surface area is 194 Å². The summed E-state index contributed by atoms with van der Waals surface area (Å²) in [4.78, 5) is 25.7. The second-order valence-electron chi connectivity index (χ2n) is 8.18. The Kier molecular flexibility index (Phi) is 6.70. The first-order chi connectivity index (χ1) is 16.2. The Balaban J connectivity index is 1.58. The highest BCUT2D eigenvalue weighted by molar-refractivity contribution is 5.99. The van der Waals surface area contributed by atoms with Crippen molar-refractivity contribution in [2.45, 2.75) is 25.6 Å². The summed E-state index contributed by atoms with van der Waals surface area (Å²) in [5.74, 6) is -3.88. The van der Waals surface area contributed by atoms with Gasteiger partial charge in [0.1, 0.15) is 0 Å². The fraction of sp³-hybridized carbons (Fsp3) is 0.231. The van der Waals surface area contributed by atoms with Crippen molar-refractivity contribution in [2.75, 3.05) is 13.1 Å². The molecule has 1 heterocycles. The number of halogens is 3. The molecule has 0 unspecified atom stereocenters. The van der Waals surface area contributed by atoms with Crippen LogP contribution in [0.15, 0.2) is 66.7 Å². The zero-order chi connectivity index (χ0) is 24.3. The number of rotatable bonds is 6. The summed E-state index contributed by atoms with van der Waals surface area (Å²) < 4.78 is 43.1. The zero-order valence-corrected chi connectivity index (χ0v) is 18.3. The molecule has 1 aliphatic heterocycles. The molecular formula is C26H23F3N2O3. The van der Waals surface area contributed by atoms with E-state index in [2.05, 4.69) is 21.8 Å². The van der Waals surface area contributed by atoms with Crippen LogP contribution in [-0.4, -0.2) is 36.0 Å². The average molecular weight is 468 g/mol. The SMILES string of the molecule is NC(=O)c1cccc(-c2ccc3c(c2)CCN(CCc2ccccc2)C3)c1OC(=O)C(F)(F)F. The van der Waals surface area contributed by atoms with E-state index in [1.165, 1.54) is 23.8 Å². The van der Waals surface area contributed by atoms with E-state index < -0.39 is 23.8 Å². The van der Waals surface area contributed by atoms with E-state index in [0.29, 0.717) is 5.56 Å². The number of esters is 1. The lowest BCUT2D eigenvalue weighted by Crippen LogP contribution is -2.32. The molecule has 0 saturated carbocycles. The molecular weight excluding hydrogens is 445 g/mol. The van der Waals surface area contributed by atoms with Crippen molar-refractivity contribution in [3.05, 3.63) is 89.0 Å². The van der Waals surface area contributed by atoms with Crippen molar-refractivity contribution in [3.63, 3.8) is 0 Å². The first-order valence-corrected chi connectivity index (χ1v) is 10.8. The van der Waals surface area contributed by atoms with E-state index in [9.17, 15) is 22.8 Å². The van der Waals surface area contributed by atoms with Gasteiger partial charge in [0.25, 0.3) is 5.91 Å². The highest BCUT2D eigenvalue weighted by Crippen LogP contribution is 2.36. The maximum atomic E-state index is 12.8. The molecule has 1 aliphatic rings. The van der Waals surface area contributed by atoms with E-state index in [1.54, 1.807) is 6.07 Å². The molecule has 2 N–H and O–H groups in total. The summed E-state index contributed by atoms with van der Waals surface area (Å²) in [6.45, 7) is 2.53. The Morgan fingerprint density at radius 1 is 0.971 bits per heavy atom. The van der Waals surface area contributed by atoms with Crippen molar-refractivity contribution in [1.82, 2.24) is 4.90 Å². The van der Waals surface area contributed by atoms with E-state index >= 15 is 0 Å². The Morgan fingerprint density at radius 2 is 1.74 bits per heavy atom. The standard InChI is InChI=1S/C26H23F3N2O3/c27-26(28,29)25(33)34-23-21(7-4-8-22(23)24(30)32)19-9-10-20-16-31(14-12-18(20)15-19)13-11-17-5-2-1-3-6-17/h1-10,15H,11-14,16H2,(H2,30,32). The van der Waals surface area contributed by atoms with Gasteiger partial charge in [0, 0.05) is 25.2 Å². The number of hydrogen-bond donors (Lipinski definition) is 1. The predicted octanol–water partition coefficient (Wildman–Crippen LogP) is 4.52. The number of ether oxygens (including phenoxy) is 1. The molecule has 0 radical (unpaired) electrons. The minimum atomic E-state index is -5.21. The number of alkyl halides is 3. The molecule has 0 spiro atoms. The number of nitrogens with zero attached hydrogens (tertiary/aromatic N) is 1. The largest absolute Gasteiger partial charge is 0.491 e. The molecule has 8 heteroatoms. The highest BCUT2D eigenvalue weighted by Gasteiger charge is 2.42. The van der Waals surface area contributed by atoms with E-state index in [1.807, 2.05) is 30.3 Å². The summed E-state index contributed by atoms with van der Waals surface area (Å²) >= 11 is 0. The van der Waals surface area contributed by atoms with Gasteiger partial charge in [-0.1, -0.05) is 60.7 Å². The molecule has 176 valence electrons. The van der Waals surface area contributed by atoms with Crippen LogP contribution in [0.2, 0.25) is 0 Å². The number of primary amides is 1. The summed E-state index contributed by atoms with van der Waals surface area (Å²) in [5.41, 5.74) is 9.24. The minimum absolute atomic E-state index is 0.197. The molecule has 4 rings (SSSR count). The van der Waals surface area contributed by atoms with Crippen molar-refractivity contribution >= 4 is 11.9 Å². The molecule has 0 fully saturated rings.